The number of hydrogen-bond acceptors (Lipinski definition) is 9. The second-order valence-electron chi connectivity index (χ2n) is 16.3. The molecule has 14 nitrogen and oxygen atoms in total. The van der Waals surface area contributed by atoms with Crippen molar-refractivity contribution in [1.82, 2.24) is 36.1 Å². The summed E-state index contributed by atoms with van der Waals surface area (Å²) in [5, 5.41) is 13.1. The Bertz CT molecular complexity index is 1850. The number of carbonyl (C=O) groups excluding carboxylic acids is 6. The smallest absolute Gasteiger partial charge is 0.289 e. The Kier molecular flexibility index (Phi) is 15.1. The van der Waals surface area contributed by atoms with Crippen molar-refractivity contribution in [2.45, 2.75) is 122 Å². The molecule has 1 unspecified atom stereocenters. The summed E-state index contributed by atoms with van der Waals surface area (Å²) in [5.41, 5.74) is -0.392. The van der Waals surface area contributed by atoms with E-state index in [0.29, 0.717) is 32.3 Å². The second kappa shape index (κ2) is 20.1. The van der Waals surface area contributed by atoms with Crippen LogP contribution in [0.1, 0.15) is 102 Å². The predicted octanol–water partition coefficient (Wildman–Crippen LogP) is 4.27. The van der Waals surface area contributed by atoms with E-state index in [1.807, 2.05) is 58.0 Å². The summed E-state index contributed by atoms with van der Waals surface area (Å²) in [5.74, 6) is -1.25. The molecule has 14 heteroatoms. The first kappa shape index (κ1) is 42.7. The maximum atomic E-state index is 13.9. The third-order valence-electron chi connectivity index (χ3n) is 10.7. The molecule has 57 heavy (non-hydrogen) atoms. The average molecular weight is 784 g/mol. The number of nitrogens with zero attached hydrogens (tertiary/aromatic N) is 3. The van der Waals surface area contributed by atoms with Gasteiger partial charge in [0.15, 0.2) is 0 Å². The van der Waals surface area contributed by atoms with Gasteiger partial charge in [-0.25, -0.2) is 4.98 Å². The number of fused-ring (bicyclic) bond motifs is 1. The molecule has 0 radical (unpaired) electrons. The zero-order valence-electron chi connectivity index (χ0n) is 33.5. The van der Waals surface area contributed by atoms with Crippen LogP contribution in [-0.4, -0.2) is 94.1 Å². The number of nitrogens with one attached hydrogen (secondary N) is 4. The lowest BCUT2D eigenvalue weighted by atomic mass is 9.82. The second-order valence-corrected chi connectivity index (χ2v) is 16.3. The quantitative estimate of drug-likeness (QED) is 0.129. The fourth-order valence-electron chi connectivity index (χ4n) is 7.37. The third kappa shape index (κ3) is 12.0. The van der Waals surface area contributed by atoms with E-state index in [1.54, 1.807) is 4.90 Å². The lowest BCUT2D eigenvalue weighted by molar-refractivity contribution is -0.139. The molecule has 2 heterocycles. The van der Waals surface area contributed by atoms with Gasteiger partial charge in [0, 0.05) is 36.8 Å². The van der Waals surface area contributed by atoms with Crippen LogP contribution in [-0.2, 0) is 24.0 Å². The molecule has 2 saturated carbocycles. The van der Waals surface area contributed by atoms with Crippen molar-refractivity contribution in [3.8, 4) is 5.75 Å². The van der Waals surface area contributed by atoms with E-state index < -0.39 is 41.1 Å². The van der Waals surface area contributed by atoms with Crippen LogP contribution in [0, 0.1) is 11.3 Å². The van der Waals surface area contributed by atoms with Gasteiger partial charge in [-0.2, -0.15) is 0 Å². The van der Waals surface area contributed by atoms with Crippen molar-refractivity contribution in [3.63, 3.8) is 0 Å². The monoisotopic (exact) mass is 783 g/mol. The molecule has 1 aromatic heterocycles. The molecule has 2 aromatic carbocycles. The fraction of sp³-hybridized carbons (Fsp3) is 0.535. The Hall–Kier alpha value is -5.40. The van der Waals surface area contributed by atoms with Crippen LogP contribution >= 0.6 is 0 Å². The summed E-state index contributed by atoms with van der Waals surface area (Å²) >= 11 is 0. The number of rotatable bonds is 15. The molecular weight excluding hydrogens is 727 g/mol. The largest absolute Gasteiger partial charge is 0.488 e. The summed E-state index contributed by atoms with van der Waals surface area (Å²) in [6, 6.07) is 12.1. The number of amides is 5. The fourth-order valence-corrected chi connectivity index (χ4v) is 7.37. The minimum Gasteiger partial charge on any atom is -0.488 e. The lowest BCUT2D eigenvalue weighted by Crippen LogP contribution is -2.60. The Labute approximate surface area is 334 Å². The number of aromatic nitrogens is 2. The van der Waals surface area contributed by atoms with Crippen molar-refractivity contribution in [1.29, 1.82) is 0 Å². The number of benzene rings is 2. The van der Waals surface area contributed by atoms with Crippen LogP contribution in [0.15, 0.2) is 61.1 Å². The van der Waals surface area contributed by atoms with Crippen molar-refractivity contribution in [2.24, 2.45) is 11.3 Å². The molecule has 0 bridgehead atoms. The van der Waals surface area contributed by atoms with Gasteiger partial charge in [-0.1, -0.05) is 89.8 Å². The van der Waals surface area contributed by atoms with Crippen LogP contribution in [0.2, 0.25) is 0 Å². The molecule has 306 valence electrons. The van der Waals surface area contributed by atoms with Gasteiger partial charge in [-0.05, 0) is 54.9 Å². The number of ketones is 1. The van der Waals surface area contributed by atoms with Crippen molar-refractivity contribution < 1.29 is 33.5 Å². The molecule has 6 rings (SSSR count). The van der Waals surface area contributed by atoms with Gasteiger partial charge in [0.05, 0.1) is 18.8 Å². The number of hydrogen-bond donors (Lipinski definition) is 4. The SMILES string of the molecule is CC(C)(C)C(NC(=O)[C@@H](NC(=O)c1cnccn1)C1CCCCC1)C(=O)N1CC[C@@H](Oc2cccc3ccccc23)C1.CCC[C@H](NC=O)C(=O)C(=O)NC1CC1. The minimum absolute atomic E-state index is 0.0136. The van der Waals surface area contributed by atoms with E-state index in [0.717, 1.165) is 67.9 Å². The molecule has 5 amide bonds. The van der Waals surface area contributed by atoms with Gasteiger partial charge in [-0.15, -0.1) is 0 Å². The van der Waals surface area contributed by atoms with Gasteiger partial charge < -0.3 is 30.9 Å². The van der Waals surface area contributed by atoms with E-state index >= 15 is 0 Å². The normalized spacial score (nSPS) is 18.5. The first-order valence-corrected chi connectivity index (χ1v) is 20.2. The standard InChI is InChI=1S/C33H41N5O4.C10H16N2O3/c1-33(2,3)29(32(41)38-19-16-24(21-38)42-27-15-9-13-22-10-7-8-14-25(22)27)37-31(40)28(23-11-5-4-6-12-23)36-30(39)26-20-34-17-18-35-26;1-2-3-8(11-6-13)9(14)10(15)12-7-4-5-7/h7-10,13-15,17-18,20,23-24,28-29H,4-6,11-12,16,19,21H2,1-3H3,(H,36,39)(H,37,40);6-8H,2-5H2,1H3,(H,11,13)(H,12,15)/t24-,28+,29?;8-/m10/s1. The van der Waals surface area contributed by atoms with Crippen molar-refractivity contribution >= 4 is 46.6 Å². The molecule has 1 saturated heterocycles. The summed E-state index contributed by atoms with van der Waals surface area (Å²) < 4.78 is 6.38. The predicted molar refractivity (Wildman–Crippen MR) is 215 cm³/mol. The summed E-state index contributed by atoms with van der Waals surface area (Å²) in [7, 11) is 0. The van der Waals surface area contributed by atoms with E-state index in [-0.39, 0.29) is 35.6 Å². The van der Waals surface area contributed by atoms with Gasteiger partial charge in [0.25, 0.3) is 11.8 Å². The van der Waals surface area contributed by atoms with Crippen LogP contribution in [0.5, 0.6) is 5.75 Å². The van der Waals surface area contributed by atoms with E-state index in [4.69, 9.17) is 4.74 Å². The third-order valence-corrected chi connectivity index (χ3v) is 10.7. The lowest BCUT2D eigenvalue weighted by Gasteiger charge is -2.36. The number of carbonyl (C=O) groups is 6. The highest BCUT2D eigenvalue weighted by Gasteiger charge is 2.41. The highest BCUT2D eigenvalue weighted by molar-refractivity contribution is 6.38. The maximum Gasteiger partial charge on any atom is 0.289 e. The van der Waals surface area contributed by atoms with Crippen LogP contribution in [0.25, 0.3) is 10.8 Å². The molecule has 0 spiro atoms. The number of Topliss-reactive ketones (excluding diaryl/α,β-unsaturated/α-hetero) is 1. The molecule has 3 fully saturated rings. The van der Waals surface area contributed by atoms with E-state index in [1.165, 1.54) is 18.6 Å². The first-order valence-electron chi connectivity index (χ1n) is 20.2. The zero-order valence-corrected chi connectivity index (χ0v) is 33.5. The Morgan fingerprint density at radius 3 is 2.33 bits per heavy atom. The molecule has 3 aliphatic rings. The van der Waals surface area contributed by atoms with Crippen LogP contribution in [0.3, 0.4) is 0 Å². The Balaban J connectivity index is 0.000000348. The molecule has 1 aliphatic heterocycles. The summed E-state index contributed by atoms with van der Waals surface area (Å²) in [6.45, 7) is 8.73. The molecule has 3 aromatic rings. The molecular formula is C43H57N7O7. The summed E-state index contributed by atoms with van der Waals surface area (Å²) in [4.78, 5) is 83.8. The molecule has 4 N–H and O–H groups in total. The zero-order chi connectivity index (χ0) is 41.0. The molecule has 4 atom stereocenters. The van der Waals surface area contributed by atoms with Crippen LogP contribution in [0.4, 0.5) is 0 Å². The highest BCUT2D eigenvalue weighted by Crippen LogP contribution is 2.31. The van der Waals surface area contributed by atoms with Gasteiger partial charge in [-0.3, -0.25) is 33.8 Å². The van der Waals surface area contributed by atoms with Gasteiger partial charge in [0.2, 0.25) is 24.0 Å². The van der Waals surface area contributed by atoms with E-state index in [2.05, 4.69) is 43.4 Å². The Morgan fingerprint density at radius 2 is 1.67 bits per heavy atom. The maximum absolute atomic E-state index is 13.9. The van der Waals surface area contributed by atoms with Gasteiger partial charge in [0.1, 0.15) is 29.6 Å². The van der Waals surface area contributed by atoms with Crippen LogP contribution < -0.4 is 26.0 Å². The summed E-state index contributed by atoms with van der Waals surface area (Å²) in [6.07, 6.45) is 13.3. The number of ether oxygens (including phenoxy) is 1. The van der Waals surface area contributed by atoms with E-state index in [9.17, 15) is 28.8 Å². The average Bonchev–Trinajstić information content (AvgIpc) is 3.91. The van der Waals surface area contributed by atoms with Crippen molar-refractivity contribution in [2.75, 3.05) is 13.1 Å². The Morgan fingerprint density at radius 1 is 0.930 bits per heavy atom. The first-order chi connectivity index (χ1) is 27.4. The van der Waals surface area contributed by atoms with Gasteiger partial charge >= 0.3 is 0 Å². The van der Waals surface area contributed by atoms with Crippen molar-refractivity contribution in [3.05, 3.63) is 66.7 Å². The number of likely N-dealkylation sites (tertiary alicyclic amines) is 1. The topological polar surface area (TPSA) is 189 Å². The highest BCUT2D eigenvalue weighted by atomic mass is 16.5. The molecule has 2 aliphatic carbocycles. The minimum atomic E-state index is -0.765.